The van der Waals surface area contributed by atoms with Crippen LogP contribution in [-0.4, -0.2) is 42.3 Å². The van der Waals surface area contributed by atoms with Crippen LogP contribution >= 0.6 is 0 Å². The van der Waals surface area contributed by atoms with E-state index in [9.17, 15) is 9.59 Å². The van der Waals surface area contributed by atoms with Crippen LogP contribution in [0, 0.1) is 0 Å². The summed E-state index contributed by atoms with van der Waals surface area (Å²) < 4.78 is 4.83. The number of hydrogen-bond acceptors (Lipinski definition) is 4. The molecule has 0 aromatic rings. The minimum absolute atomic E-state index is 0.0983. The highest BCUT2D eigenvalue weighted by atomic mass is 16.5. The Kier molecular flexibility index (Phi) is 6.75. The largest absolute Gasteiger partial charge is 0.480 e. The molecule has 0 bridgehead atoms. The molecule has 0 aliphatic carbocycles. The second kappa shape index (κ2) is 7.24. The van der Waals surface area contributed by atoms with Crippen molar-refractivity contribution in [2.24, 2.45) is 5.73 Å². The van der Waals surface area contributed by atoms with Gasteiger partial charge in [-0.15, -0.1) is 0 Å². The summed E-state index contributed by atoms with van der Waals surface area (Å²) in [6, 6.07) is -0.875. The molecule has 0 spiro atoms. The molecule has 0 aliphatic heterocycles. The SMILES string of the molecule is COCCCC(NC(=O)CC(C)(C)N)C(=O)O. The van der Waals surface area contributed by atoms with Gasteiger partial charge in [0.15, 0.2) is 0 Å². The first-order valence-electron chi connectivity index (χ1n) is 5.56. The number of aliphatic carboxylic acids is 1. The zero-order valence-electron chi connectivity index (χ0n) is 10.7. The van der Waals surface area contributed by atoms with Crippen molar-refractivity contribution in [3.63, 3.8) is 0 Å². The number of carboxylic acids is 1. The fourth-order valence-electron chi connectivity index (χ4n) is 1.35. The van der Waals surface area contributed by atoms with Gasteiger partial charge >= 0.3 is 5.97 Å². The molecular weight excluding hydrogens is 224 g/mol. The van der Waals surface area contributed by atoms with Crippen LogP contribution in [0.1, 0.15) is 33.1 Å². The third-order valence-corrected chi connectivity index (χ3v) is 2.09. The molecule has 1 amide bonds. The zero-order chi connectivity index (χ0) is 13.5. The van der Waals surface area contributed by atoms with Gasteiger partial charge in [-0.3, -0.25) is 4.79 Å². The smallest absolute Gasteiger partial charge is 0.326 e. The van der Waals surface area contributed by atoms with Gasteiger partial charge in [0, 0.05) is 25.7 Å². The van der Waals surface area contributed by atoms with Gasteiger partial charge in [0.2, 0.25) is 5.91 Å². The van der Waals surface area contributed by atoms with Crippen LogP contribution in [0.2, 0.25) is 0 Å². The topological polar surface area (TPSA) is 102 Å². The number of hydrogen-bond donors (Lipinski definition) is 3. The molecular formula is C11H22N2O4. The number of amides is 1. The van der Waals surface area contributed by atoms with E-state index in [0.29, 0.717) is 19.4 Å². The van der Waals surface area contributed by atoms with Crippen LogP contribution in [-0.2, 0) is 14.3 Å². The quantitative estimate of drug-likeness (QED) is 0.528. The molecule has 0 aliphatic rings. The Balaban J connectivity index is 4.16. The van der Waals surface area contributed by atoms with E-state index in [2.05, 4.69) is 5.32 Å². The first kappa shape index (κ1) is 15.9. The Morgan fingerprint density at radius 3 is 2.47 bits per heavy atom. The van der Waals surface area contributed by atoms with Gasteiger partial charge in [-0.1, -0.05) is 0 Å². The van der Waals surface area contributed by atoms with Gasteiger partial charge < -0.3 is 20.9 Å². The van der Waals surface area contributed by atoms with Crippen LogP contribution in [0.25, 0.3) is 0 Å². The van der Waals surface area contributed by atoms with Gasteiger partial charge in [0.05, 0.1) is 0 Å². The molecule has 0 rings (SSSR count). The first-order chi connectivity index (χ1) is 7.76. The molecule has 4 N–H and O–H groups in total. The van der Waals surface area contributed by atoms with Crippen molar-refractivity contribution >= 4 is 11.9 Å². The van der Waals surface area contributed by atoms with E-state index >= 15 is 0 Å². The maximum absolute atomic E-state index is 11.5. The number of carbonyl (C=O) groups is 2. The highest BCUT2D eigenvalue weighted by Gasteiger charge is 2.22. The summed E-state index contributed by atoms with van der Waals surface area (Å²) in [5, 5.41) is 11.4. The second-order valence-corrected chi connectivity index (χ2v) is 4.76. The van der Waals surface area contributed by atoms with Gasteiger partial charge in [-0.2, -0.15) is 0 Å². The average molecular weight is 246 g/mol. The van der Waals surface area contributed by atoms with E-state index < -0.39 is 17.6 Å². The zero-order valence-corrected chi connectivity index (χ0v) is 10.7. The lowest BCUT2D eigenvalue weighted by molar-refractivity contribution is -0.142. The Hall–Kier alpha value is -1.14. The van der Waals surface area contributed by atoms with E-state index in [1.807, 2.05) is 0 Å². The minimum atomic E-state index is -1.04. The Morgan fingerprint density at radius 1 is 1.47 bits per heavy atom. The highest BCUT2D eigenvalue weighted by molar-refractivity contribution is 5.84. The van der Waals surface area contributed by atoms with Crippen molar-refractivity contribution in [3.8, 4) is 0 Å². The van der Waals surface area contributed by atoms with E-state index in [1.54, 1.807) is 21.0 Å². The number of nitrogens with one attached hydrogen (secondary N) is 1. The molecule has 1 atom stereocenters. The molecule has 1 unspecified atom stereocenters. The van der Waals surface area contributed by atoms with Crippen molar-refractivity contribution < 1.29 is 19.4 Å². The normalized spacial score (nSPS) is 13.2. The summed E-state index contributed by atoms with van der Waals surface area (Å²) in [6.07, 6.45) is 1.03. The van der Waals surface area contributed by atoms with Crippen LogP contribution in [0.3, 0.4) is 0 Å². The Bertz CT molecular complexity index is 261. The Labute approximate surface area is 102 Å². The molecule has 0 aromatic heterocycles. The highest BCUT2D eigenvalue weighted by Crippen LogP contribution is 2.05. The van der Waals surface area contributed by atoms with Crippen molar-refractivity contribution in [2.45, 2.75) is 44.7 Å². The number of carboxylic acid groups (broad SMARTS) is 1. The van der Waals surface area contributed by atoms with Crippen LogP contribution in [0.15, 0.2) is 0 Å². The monoisotopic (exact) mass is 246 g/mol. The molecule has 100 valence electrons. The maximum Gasteiger partial charge on any atom is 0.326 e. The molecule has 0 saturated heterocycles. The summed E-state index contributed by atoms with van der Waals surface area (Å²) >= 11 is 0. The summed E-state index contributed by atoms with van der Waals surface area (Å²) in [5.41, 5.74) is 5.04. The molecule has 0 aromatic carbocycles. The third-order valence-electron chi connectivity index (χ3n) is 2.09. The standard InChI is InChI=1S/C11H22N2O4/c1-11(2,12)7-9(14)13-8(10(15)16)5-4-6-17-3/h8H,4-7,12H2,1-3H3,(H,13,14)(H,15,16). The van der Waals surface area contributed by atoms with Crippen LogP contribution in [0.4, 0.5) is 0 Å². The predicted octanol–water partition coefficient (Wildman–Crippen LogP) is 0.110. The van der Waals surface area contributed by atoms with Crippen LogP contribution in [0.5, 0.6) is 0 Å². The van der Waals surface area contributed by atoms with Gasteiger partial charge in [-0.25, -0.2) is 4.79 Å². The molecule has 0 fully saturated rings. The van der Waals surface area contributed by atoms with E-state index in [0.717, 1.165) is 0 Å². The second-order valence-electron chi connectivity index (χ2n) is 4.76. The molecule has 0 saturated carbocycles. The summed E-state index contributed by atoms with van der Waals surface area (Å²) in [5.74, 6) is -1.38. The van der Waals surface area contributed by atoms with E-state index in [4.69, 9.17) is 15.6 Å². The van der Waals surface area contributed by atoms with E-state index in [-0.39, 0.29) is 12.3 Å². The number of rotatable bonds is 8. The number of ether oxygens (including phenoxy) is 1. The first-order valence-corrected chi connectivity index (χ1v) is 5.56. The van der Waals surface area contributed by atoms with Gasteiger partial charge in [0.1, 0.15) is 6.04 Å². The molecule has 6 nitrogen and oxygen atoms in total. The minimum Gasteiger partial charge on any atom is -0.480 e. The van der Waals surface area contributed by atoms with Crippen LogP contribution < -0.4 is 11.1 Å². The number of nitrogens with two attached hydrogens (primary N) is 1. The Morgan fingerprint density at radius 2 is 2.06 bits per heavy atom. The fourth-order valence-corrected chi connectivity index (χ4v) is 1.35. The predicted molar refractivity (Wildman–Crippen MR) is 63.6 cm³/mol. The lowest BCUT2D eigenvalue weighted by Crippen LogP contribution is -2.45. The summed E-state index contributed by atoms with van der Waals surface area (Å²) in [6.45, 7) is 3.91. The van der Waals surface area contributed by atoms with Crippen molar-refractivity contribution in [1.82, 2.24) is 5.32 Å². The molecule has 6 heteroatoms. The molecule has 0 heterocycles. The van der Waals surface area contributed by atoms with E-state index in [1.165, 1.54) is 0 Å². The lowest BCUT2D eigenvalue weighted by atomic mass is 10.0. The fraction of sp³-hybridized carbons (Fsp3) is 0.818. The van der Waals surface area contributed by atoms with Gasteiger partial charge in [0.25, 0.3) is 0 Å². The average Bonchev–Trinajstić information content (AvgIpc) is 2.13. The third kappa shape index (κ3) is 8.65. The number of methoxy groups -OCH3 is 1. The van der Waals surface area contributed by atoms with Gasteiger partial charge in [-0.05, 0) is 26.7 Å². The molecule has 0 radical (unpaired) electrons. The van der Waals surface area contributed by atoms with Crippen molar-refractivity contribution in [1.29, 1.82) is 0 Å². The number of carbonyl (C=O) groups excluding carboxylic acids is 1. The summed E-state index contributed by atoms with van der Waals surface area (Å²) in [4.78, 5) is 22.4. The summed E-state index contributed by atoms with van der Waals surface area (Å²) in [7, 11) is 1.55. The van der Waals surface area contributed by atoms with Crippen molar-refractivity contribution in [2.75, 3.05) is 13.7 Å². The van der Waals surface area contributed by atoms with Crippen molar-refractivity contribution in [3.05, 3.63) is 0 Å². The maximum atomic E-state index is 11.5. The lowest BCUT2D eigenvalue weighted by Gasteiger charge is -2.20. The molecule has 17 heavy (non-hydrogen) atoms.